The van der Waals surface area contributed by atoms with Crippen LogP contribution in [0.2, 0.25) is 0 Å². The summed E-state index contributed by atoms with van der Waals surface area (Å²) in [5, 5.41) is 10.2. The minimum absolute atomic E-state index is 0.0300. The van der Waals surface area contributed by atoms with Gasteiger partial charge in [-0.3, -0.25) is 4.79 Å². The maximum absolute atomic E-state index is 12.4. The number of carbonyl (C=O) groups is 1. The Hall–Kier alpha value is -1.96. The highest BCUT2D eigenvalue weighted by molar-refractivity contribution is 7.90. The summed E-state index contributed by atoms with van der Waals surface area (Å²) in [6, 6.07) is 4.40. The second kappa shape index (κ2) is 4.77. The van der Waals surface area contributed by atoms with E-state index in [1.54, 1.807) is 6.07 Å². The summed E-state index contributed by atoms with van der Waals surface area (Å²) < 4.78 is 26.9. The molecule has 2 fully saturated rings. The van der Waals surface area contributed by atoms with Crippen molar-refractivity contribution >= 4 is 27.0 Å². The van der Waals surface area contributed by atoms with Crippen LogP contribution in [0, 0.1) is 17.8 Å². The molecule has 7 nitrogen and oxygen atoms in total. The van der Waals surface area contributed by atoms with Crippen molar-refractivity contribution in [2.45, 2.75) is 30.6 Å². The SMILES string of the molecule is O=C(NS(=O)(=O)c1ccc2n[nH]nc2c1)C1CCC2CC2C1. The number of hydrogen-bond donors (Lipinski definition) is 2. The third kappa shape index (κ3) is 2.37. The molecule has 0 bridgehead atoms. The molecule has 0 radical (unpaired) electrons. The van der Waals surface area contributed by atoms with Crippen LogP contribution in [0.5, 0.6) is 0 Å². The van der Waals surface area contributed by atoms with Gasteiger partial charge in [-0.25, -0.2) is 13.1 Å². The summed E-state index contributed by atoms with van der Waals surface area (Å²) in [6.45, 7) is 0. The lowest BCUT2D eigenvalue weighted by atomic mass is 9.89. The second-order valence-electron chi connectivity index (χ2n) is 6.21. The third-order valence-corrected chi connectivity index (χ3v) is 6.09. The molecule has 2 saturated carbocycles. The summed E-state index contributed by atoms with van der Waals surface area (Å²) in [7, 11) is -3.86. The van der Waals surface area contributed by atoms with Gasteiger partial charge < -0.3 is 0 Å². The Labute approximate surface area is 127 Å². The van der Waals surface area contributed by atoms with Crippen molar-refractivity contribution in [2.75, 3.05) is 0 Å². The van der Waals surface area contributed by atoms with E-state index in [2.05, 4.69) is 20.1 Å². The van der Waals surface area contributed by atoms with E-state index in [-0.39, 0.29) is 16.7 Å². The van der Waals surface area contributed by atoms with Crippen molar-refractivity contribution in [2.24, 2.45) is 17.8 Å². The molecular formula is C14H16N4O3S. The van der Waals surface area contributed by atoms with E-state index >= 15 is 0 Å². The molecule has 1 aromatic carbocycles. The first kappa shape index (κ1) is 13.7. The van der Waals surface area contributed by atoms with Gasteiger partial charge in [0.25, 0.3) is 10.0 Å². The van der Waals surface area contributed by atoms with Crippen LogP contribution in [0.15, 0.2) is 23.1 Å². The number of aromatic nitrogens is 3. The lowest BCUT2D eigenvalue weighted by molar-refractivity contribution is -0.124. The molecule has 22 heavy (non-hydrogen) atoms. The molecule has 2 aliphatic carbocycles. The van der Waals surface area contributed by atoms with Crippen LogP contribution in [-0.2, 0) is 14.8 Å². The van der Waals surface area contributed by atoms with Crippen molar-refractivity contribution < 1.29 is 13.2 Å². The minimum Gasteiger partial charge on any atom is -0.274 e. The highest BCUT2D eigenvalue weighted by atomic mass is 32.2. The van der Waals surface area contributed by atoms with E-state index in [9.17, 15) is 13.2 Å². The van der Waals surface area contributed by atoms with Crippen molar-refractivity contribution in [1.82, 2.24) is 20.1 Å². The predicted molar refractivity (Wildman–Crippen MR) is 78.2 cm³/mol. The van der Waals surface area contributed by atoms with Crippen molar-refractivity contribution in [1.29, 1.82) is 0 Å². The molecule has 116 valence electrons. The zero-order valence-electron chi connectivity index (χ0n) is 11.8. The topological polar surface area (TPSA) is 105 Å². The largest absolute Gasteiger partial charge is 0.274 e. The summed E-state index contributed by atoms with van der Waals surface area (Å²) in [5.74, 6) is 0.828. The van der Waals surface area contributed by atoms with E-state index in [0.29, 0.717) is 17.0 Å². The van der Waals surface area contributed by atoms with Crippen LogP contribution in [0.1, 0.15) is 25.7 Å². The lowest BCUT2D eigenvalue weighted by Gasteiger charge is -2.20. The maximum Gasteiger partial charge on any atom is 0.264 e. The minimum atomic E-state index is -3.86. The number of fused-ring (bicyclic) bond motifs is 2. The summed E-state index contributed by atoms with van der Waals surface area (Å²) in [6.07, 6.45) is 3.83. The molecule has 2 aliphatic rings. The normalized spacial score (nSPS) is 27.4. The van der Waals surface area contributed by atoms with Crippen LogP contribution >= 0.6 is 0 Å². The van der Waals surface area contributed by atoms with Crippen LogP contribution in [0.4, 0.5) is 0 Å². The van der Waals surface area contributed by atoms with Gasteiger partial charge in [-0.2, -0.15) is 15.4 Å². The molecule has 8 heteroatoms. The summed E-state index contributed by atoms with van der Waals surface area (Å²) in [5.41, 5.74) is 1.03. The van der Waals surface area contributed by atoms with Crippen LogP contribution in [0.3, 0.4) is 0 Å². The number of carbonyl (C=O) groups excluding carboxylic acids is 1. The fraction of sp³-hybridized carbons (Fsp3) is 0.500. The molecule has 0 aliphatic heterocycles. The Bertz CT molecular complexity index is 845. The zero-order valence-corrected chi connectivity index (χ0v) is 12.6. The van der Waals surface area contributed by atoms with Gasteiger partial charge in [-0.1, -0.05) is 0 Å². The maximum atomic E-state index is 12.4. The first-order valence-electron chi connectivity index (χ1n) is 7.40. The van der Waals surface area contributed by atoms with Crippen molar-refractivity contribution in [3.05, 3.63) is 18.2 Å². The van der Waals surface area contributed by atoms with Crippen LogP contribution in [0.25, 0.3) is 11.0 Å². The van der Waals surface area contributed by atoms with E-state index < -0.39 is 10.0 Å². The Kier molecular flexibility index (Phi) is 2.97. The van der Waals surface area contributed by atoms with Gasteiger partial charge in [0.2, 0.25) is 5.91 Å². The van der Waals surface area contributed by atoms with Gasteiger partial charge in [0.05, 0.1) is 4.90 Å². The number of nitrogens with one attached hydrogen (secondary N) is 2. The van der Waals surface area contributed by atoms with Gasteiger partial charge in [0, 0.05) is 5.92 Å². The van der Waals surface area contributed by atoms with Gasteiger partial charge >= 0.3 is 0 Å². The van der Waals surface area contributed by atoms with Crippen LogP contribution in [-0.4, -0.2) is 29.7 Å². The first-order chi connectivity index (χ1) is 10.5. The lowest BCUT2D eigenvalue weighted by Crippen LogP contribution is -2.36. The van der Waals surface area contributed by atoms with E-state index in [0.717, 1.165) is 25.2 Å². The first-order valence-corrected chi connectivity index (χ1v) is 8.88. The van der Waals surface area contributed by atoms with Gasteiger partial charge in [-0.05, 0) is 55.7 Å². The van der Waals surface area contributed by atoms with E-state index in [1.807, 2.05) is 0 Å². The average molecular weight is 320 g/mol. The standard InChI is InChI=1S/C14H16N4O3S/c19-14(9-2-1-8-5-10(8)6-9)17-22(20,21)11-3-4-12-13(7-11)16-18-15-12/h3-4,7-10H,1-2,5-6H2,(H,17,19)(H,15,16,18). The number of rotatable bonds is 3. The molecule has 0 saturated heterocycles. The molecule has 1 aromatic heterocycles. The number of hydrogen-bond acceptors (Lipinski definition) is 5. The number of sulfonamides is 1. The number of nitrogens with zero attached hydrogens (tertiary/aromatic N) is 2. The van der Waals surface area contributed by atoms with Crippen LogP contribution < -0.4 is 4.72 Å². The number of benzene rings is 1. The Morgan fingerprint density at radius 3 is 2.77 bits per heavy atom. The molecule has 4 rings (SSSR count). The fourth-order valence-electron chi connectivity index (χ4n) is 3.35. The molecule has 1 amide bonds. The number of amides is 1. The molecule has 1 heterocycles. The third-order valence-electron chi connectivity index (χ3n) is 4.75. The monoisotopic (exact) mass is 320 g/mol. The Morgan fingerprint density at radius 1 is 1.14 bits per heavy atom. The van der Waals surface area contributed by atoms with E-state index in [1.165, 1.54) is 18.6 Å². The van der Waals surface area contributed by atoms with Crippen molar-refractivity contribution in [3.63, 3.8) is 0 Å². The fourth-order valence-corrected chi connectivity index (χ4v) is 4.41. The molecule has 2 aromatic rings. The molecule has 2 N–H and O–H groups in total. The Balaban J connectivity index is 1.53. The molecule has 0 spiro atoms. The number of aromatic amines is 1. The molecule has 3 unspecified atom stereocenters. The smallest absolute Gasteiger partial charge is 0.264 e. The second-order valence-corrected chi connectivity index (χ2v) is 7.89. The predicted octanol–water partition coefficient (Wildman–Crippen LogP) is 1.20. The highest BCUT2D eigenvalue weighted by Gasteiger charge is 2.44. The Morgan fingerprint density at radius 2 is 1.95 bits per heavy atom. The zero-order chi connectivity index (χ0) is 15.3. The highest BCUT2D eigenvalue weighted by Crippen LogP contribution is 2.51. The van der Waals surface area contributed by atoms with E-state index in [4.69, 9.17) is 0 Å². The van der Waals surface area contributed by atoms with Crippen molar-refractivity contribution in [3.8, 4) is 0 Å². The van der Waals surface area contributed by atoms with Gasteiger partial charge in [0.15, 0.2) is 0 Å². The number of H-pyrrole nitrogens is 1. The summed E-state index contributed by atoms with van der Waals surface area (Å²) >= 11 is 0. The molecule has 3 atom stereocenters. The quantitative estimate of drug-likeness (QED) is 0.884. The average Bonchev–Trinajstić information content (AvgIpc) is 3.12. The summed E-state index contributed by atoms with van der Waals surface area (Å²) in [4.78, 5) is 12.3. The van der Waals surface area contributed by atoms with Gasteiger partial charge in [-0.15, -0.1) is 0 Å². The van der Waals surface area contributed by atoms with Gasteiger partial charge in [0.1, 0.15) is 11.0 Å². The molecular weight excluding hydrogens is 304 g/mol.